The van der Waals surface area contributed by atoms with E-state index in [4.69, 9.17) is 0 Å². The van der Waals surface area contributed by atoms with Crippen molar-refractivity contribution in [3.8, 4) is 0 Å². The normalized spacial score (nSPS) is 12.9. The van der Waals surface area contributed by atoms with E-state index in [1.165, 1.54) is 7.11 Å². The summed E-state index contributed by atoms with van der Waals surface area (Å²) in [5.41, 5.74) is 0.162. The van der Waals surface area contributed by atoms with Gasteiger partial charge in [-0.2, -0.15) is 0 Å². The Hall–Kier alpha value is -1.00. The van der Waals surface area contributed by atoms with Crippen molar-refractivity contribution in [1.82, 2.24) is 0 Å². The van der Waals surface area contributed by atoms with Gasteiger partial charge in [-0.1, -0.05) is 0 Å². The average molecular weight is 202 g/mol. The molecular formula is C10H12F2O2. The molecule has 1 N–H and O–H groups in total. The Morgan fingerprint density at radius 2 is 2.14 bits per heavy atom. The lowest BCUT2D eigenvalue weighted by Crippen LogP contribution is -2.17. The third-order valence-corrected chi connectivity index (χ3v) is 1.82. The lowest BCUT2D eigenvalue weighted by Gasteiger charge is -2.09. The molecule has 0 heterocycles. The van der Waals surface area contributed by atoms with Gasteiger partial charge < -0.3 is 9.84 Å². The SMILES string of the molecule is COCC(O)Cc1cc(F)ccc1F. The van der Waals surface area contributed by atoms with E-state index in [2.05, 4.69) is 4.74 Å². The quantitative estimate of drug-likeness (QED) is 0.802. The van der Waals surface area contributed by atoms with E-state index in [0.29, 0.717) is 0 Å². The molecule has 0 aromatic heterocycles. The lowest BCUT2D eigenvalue weighted by molar-refractivity contribution is 0.0644. The van der Waals surface area contributed by atoms with E-state index < -0.39 is 17.7 Å². The van der Waals surface area contributed by atoms with Gasteiger partial charge in [0.25, 0.3) is 0 Å². The summed E-state index contributed by atoms with van der Waals surface area (Å²) in [5.74, 6) is -1.02. The Bertz CT molecular complexity index is 302. The standard InChI is InChI=1S/C10H12F2O2/c1-14-6-9(13)5-7-4-8(11)2-3-10(7)12/h2-4,9,13H,5-6H2,1H3. The van der Waals surface area contributed by atoms with Crippen molar-refractivity contribution in [2.45, 2.75) is 12.5 Å². The highest BCUT2D eigenvalue weighted by Crippen LogP contribution is 2.11. The van der Waals surface area contributed by atoms with Gasteiger partial charge in [0.15, 0.2) is 0 Å². The number of rotatable bonds is 4. The van der Waals surface area contributed by atoms with Crippen LogP contribution in [0, 0.1) is 11.6 Å². The van der Waals surface area contributed by atoms with Gasteiger partial charge in [-0.15, -0.1) is 0 Å². The number of halogens is 2. The van der Waals surface area contributed by atoms with Crippen LogP contribution in [0.3, 0.4) is 0 Å². The monoisotopic (exact) mass is 202 g/mol. The molecular weight excluding hydrogens is 190 g/mol. The molecule has 0 fully saturated rings. The van der Waals surface area contributed by atoms with Crippen LogP contribution in [0.5, 0.6) is 0 Å². The Balaban J connectivity index is 2.70. The first kappa shape index (κ1) is 11.1. The minimum atomic E-state index is -0.809. The van der Waals surface area contributed by atoms with E-state index in [0.717, 1.165) is 18.2 Å². The molecule has 1 aromatic carbocycles. The lowest BCUT2D eigenvalue weighted by atomic mass is 10.1. The van der Waals surface area contributed by atoms with Gasteiger partial charge in [-0.3, -0.25) is 0 Å². The van der Waals surface area contributed by atoms with Gasteiger partial charge in [0.1, 0.15) is 11.6 Å². The number of hydrogen-bond donors (Lipinski definition) is 1. The van der Waals surface area contributed by atoms with Crippen LogP contribution in [0.2, 0.25) is 0 Å². The Morgan fingerprint density at radius 3 is 2.79 bits per heavy atom. The minimum Gasteiger partial charge on any atom is -0.390 e. The summed E-state index contributed by atoms with van der Waals surface area (Å²) in [7, 11) is 1.44. The molecule has 0 amide bonds. The van der Waals surface area contributed by atoms with Gasteiger partial charge in [0.2, 0.25) is 0 Å². The Morgan fingerprint density at radius 1 is 1.43 bits per heavy atom. The Labute approximate surface area is 81.1 Å². The smallest absolute Gasteiger partial charge is 0.126 e. The van der Waals surface area contributed by atoms with Crippen molar-refractivity contribution < 1.29 is 18.6 Å². The van der Waals surface area contributed by atoms with Crippen molar-refractivity contribution in [3.05, 3.63) is 35.4 Å². The van der Waals surface area contributed by atoms with Crippen LogP contribution < -0.4 is 0 Å². The van der Waals surface area contributed by atoms with Gasteiger partial charge in [0.05, 0.1) is 12.7 Å². The summed E-state index contributed by atoms with van der Waals surface area (Å²) < 4.78 is 30.4. The first-order chi connectivity index (χ1) is 6.63. The van der Waals surface area contributed by atoms with Crippen molar-refractivity contribution in [2.24, 2.45) is 0 Å². The number of ether oxygens (including phenoxy) is 1. The molecule has 78 valence electrons. The second-order valence-corrected chi connectivity index (χ2v) is 3.05. The van der Waals surface area contributed by atoms with E-state index in [-0.39, 0.29) is 18.6 Å². The summed E-state index contributed by atoms with van der Waals surface area (Å²) in [5, 5.41) is 9.30. The molecule has 0 saturated carbocycles. The molecule has 1 unspecified atom stereocenters. The Kier molecular flexibility index (Phi) is 3.98. The van der Waals surface area contributed by atoms with E-state index in [1.807, 2.05) is 0 Å². The second-order valence-electron chi connectivity index (χ2n) is 3.05. The molecule has 4 heteroatoms. The van der Waals surface area contributed by atoms with Crippen molar-refractivity contribution in [1.29, 1.82) is 0 Å². The van der Waals surface area contributed by atoms with Crippen LogP contribution in [0.15, 0.2) is 18.2 Å². The summed E-state index contributed by atoms with van der Waals surface area (Å²) in [4.78, 5) is 0. The first-order valence-corrected chi connectivity index (χ1v) is 4.24. The molecule has 0 saturated heterocycles. The molecule has 1 atom stereocenters. The van der Waals surface area contributed by atoms with Crippen LogP contribution in [-0.2, 0) is 11.2 Å². The van der Waals surface area contributed by atoms with Crippen molar-refractivity contribution in [2.75, 3.05) is 13.7 Å². The average Bonchev–Trinajstić information content (AvgIpc) is 2.12. The first-order valence-electron chi connectivity index (χ1n) is 4.24. The molecule has 0 radical (unpaired) electrons. The second kappa shape index (κ2) is 5.02. The maximum absolute atomic E-state index is 13.1. The highest BCUT2D eigenvalue weighted by molar-refractivity contribution is 5.19. The number of hydrogen-bond acceptors (Lipinski definition) is 2. The maximum Gasteiger partial charge on any atom is 0.126 e. The van der Waals surface area contributed by atoms with E-state index in [9.17, 15) is 13.9 Å². The molecule has 0 spiro atoms. The maximum atomic E-state index is 13.1. The summed E-state index contributed by atoms with van der Waals surface area (Å²) in [6.07, 6.45) is -0.756. The van der Waals surface area contributed by atoms with Crippen LogP contribution in [0.4, 0.5) is 8.78 Å². The highest BCUT2D eigenvalue weighted by atomic mass is 19.1. The van der Waals surface area contributed by atoms with E-state index in [1.54, 1.807) is 0 Å². The summed E-state index contributed by atoms with van der Waals surface area (Å²) in [6, 6.07) is 3.17. The topological polar surface area (TPSA) is 29.5 Å². The van der Waals surface area contributed by atoms with Crippen LogP contribution in [-0.4, -0.2) is 24.9 Å². The van der Waals surface area contributed by atoms with Crippen molar-refractivity contribution >= 4 is 0 Å². The fourth-order valence-electron chi connectivity index (χ4n) is 1.20. The predicted octanol–water partition coefficient (Wildman–Crippen LogP) is 1.51. The fraction of sp³-hybridized carbons (Fsp3) is 0.400. The van der Waals surface area contributed by atoms with Crippen LogP contribution in [0.25, 0.3) is 0 Å². The minimum absolute atomic E-state index is 0.0530. The summed E-state index contributed by atoms with van der Waals surface area (Å²) >= 11 is 0. The molecule has 2 nitrogen and oxygen atoms in total. The number of aliphatic hydroxyl groups excluding tert-OH is 1. The zero-order chi connectivity index (χ0) is 10.6. The third kappa shape index (κ3) is 3.05. The highest BCUT2D eigenvalue weighted by Gasteiger charge is 2.09. The summed E-state index contributed by atoms with van der Waals surface area (Å²) in [6.45, 7) is 0.107. The van der Waals surface area contributed by atoms with Gasteiger partial charge in [-0.05, 0) is 23.8 Å². The molecule has 0 aliphatic rings. The largest absolute Gasteiger partial charge is 0.390 e. The van der Waals surface area contributed by atoms with Crippen molar-refractivity contribution in [3.63, 3.8) is 0 Å². The molecule has 0 aliphatic carbocycles. The van der Waals surface area contributed by atoms with E-state index >= 15 is 0 Å². The number of benzene rings is 1. The zero-order valence-electron chi connectivity index (χ0n) is 7.84. The van der Waals surface area contributed by atoms with Crippen LogP contribution >= 0.6 is 0 Å². The predicted molar refractivity (Wildman–Crippen MR) is 47.9 cm³/mol. The molecule has 1 aromatic rings. The van der Waals surface area contributed by atoms with Gasteiger partial charge in [0, 0.05) is 13.5 Å². The molecule has 0 bridgehead atoms. The third-order valence-electron chi connectivity index (χ3n) is 1.82. The van der Waals surface area contributed by atoms with Crippen LogP contribution in [0.1, 0.15) is 5.56 Å². The fourth-order valence-corrected chi connectivity index (χ4v) is 1.20. The number of aliphatic hydroxyl groups is 1. The number of methoxy groups -OCH3 is 1. The molecule has 1 rings (SSSR count). The zero-order valence-corrected chi connectivity index (χ0v) is 7.84. The van der Waals surface area contributed by atoms with Gasteiger partial charge >= 0.3 is 0 Å². The molecule has 14 heavy (non-hydrogen) atoms. The molecule has 0 aliphatic heterocycles. The van der Waals surface area contributed by atoms with Gasteiger partial charge in [-0.25, -0.2) is 8.78 Å².